The van der Waals surface area contributed by atoms with Gasteiger partial charge in [-0.05, 0) is 12.1 Å². The molecule has 0 unspecified atom stereocenters. The molecule has 0 bridgehead atoms. The van der Waals surface area contributed by atoms with Crippen LogP contribution in [0.25, 0.3) is 21.8 Å². The van der Waals surface area contributed by atoms with Gasteiger partial charge < -0.3 is 11.5 Å². The number of hydrogen-bond donors (Lipinski definition) is 2. The van der Waals surface area contributed by atoms with Gasteiger partial charge >= 0.3 is 6.18 Å². The molecule has 0 spiro atoms. The molecule has 0 aliphatic carbocycles. The predicted octanol–water partition coefficient (Wildman–Crippen LogP) is 3.45. The second kappa shape index (κ2) is 5.51. The monoisotopic (exact) mass is 337 g/mol. The molecule has 5 nitrogen and oxygen atoms in total. The molecule has 0 amide bonds. The molecular weight excluding hydrogens is 327 g/mol. The van der Waals surface area contributed by atoms with E-state index in [1.54, 1.807) is 5.38 Å². The van der Waals surface area contributed by atoms with Gasteiger partial charge in [-0.25, -0.2) is 9.97 Å². The van der Waals surface area contributed by atoms with Gasteiger partial charge in [0.25, 0.3) is 0 Å². The van der Waals surface area contributed by atoms with Crippen molar-refractivity contribution < 1.29 is 13.2 Å². The Morgan fingerprint density at radius 3 is 2.30 bits per heavy atom. The average molecular weight is 337 g/mol. The van der Waals surface area contributed by atoms with Crippen LogP contribution in [0.3, 0.4) is 0 Å². The molecule has 0 saturated heterocycles. The van der Waals surface area contributed by atoms with Gasteiger partial charge in [-0.15, -0.1) is 11.3 Å². The number of hydrogen-bond acceptors (Lipinski definition) is 6. The molecular formula is C14H10F3N5S. The zero-order chi connectivity index (χ0) is 16.6. The van der Waals surface area contributed by atoms with Crippen molar-refractivity contribution in [2.45, 2.75) is 6.18 Å². The number of benzene rings is 1. The van der Waals surface area contributed by atoms with Gasteiger partial charge in [0, 0.05) is 17.1 Å². The Morgan fingerprint density at radius 2 is 1.70 bits per heavy atom. The lowest BCUT2D eigenvalue weighted by atomic mass is 10.1. The van der Waals surface area contributed by atoms with Crippen LogP contribution in [-0.4, -0.2) is 15.0 Å². The molecule has 1 aromatic carbocycles. The Labute approximate surface area is 132 Å². The first-order chi connectivity index (χ1) is 10.8. The molecule has 0 radical (unpaired) electrons. The number of nitrogens with two attached hydrogens (primary N) is 2. The highest BCUT2D eigenvalue weighted by molar-refractivity contribution is 7.13. The summed E-state index contributed by atoms with van der Waals surface area (Å²) in [4.78, 5) is 12.1. The molecule has 3 rings (SSSR count). The summed E-state index contributed by atoms with van der Waals surface area (Å²) in [6, 6.07) is 4.80. The SMILES string of the molecule is Nc1ncc(-c2nc(-c3ccc(C(F)(F)F)cc3)cs2)c(N)n1. The van der Waals surface area contributed by atoms with Crippen LogP contribution in [0.5, 0.6) is 0 Å². The highest BCUT2D eigenvalue weighted by atomic mass is 32.1. The number of aromatic nitrogens is 3. The number of alkyl halides is 3. The minimum atomic E-state index is -4.36. The van der Waals surface area contributed by atoms with Crippen molar-refractivity contribution in [1.82, 2.24) is 15.0 Å². The lowest BCUT2D eigenvalue weighted by molar-refractivity contribution is -0.137. The maximum Gasteiger partial charge on any atom is 0.416 e. The van der Waals surface area contributed by atoms with Crippen molar-refractivity contribution in [2.24, 2.45) is 0 Å². The number of anilines is 2. The van der Waals surface area contributed by atoms with E-state index in [1.807, 2.05) is 0 Å². The van der Waals surface area contributed by atoms with E-state index in [1.165, 1.54) is 29.7 Å². The Kier molecular flexibility index (Phi) is 3.64. The Bertz CT molecular complexity index is 842. The summed E-state index contributed by atoms with van der Waals surface area (Å²) in [5.74, 6) is 0.261. The predicted molar refractivity (Wildman–Crippen MR) is 82.4 cm³/mol. The zero-order valence-corrected chi connectivity index (χ0v) is 12.3. The number of thiazole rings is 1. The van der Waals surface area contributed by atoms with Gasteiger partial charge in [0.15, 0.2) is 0 Å². The first kappa shape index (κ1) is 15.2. The maximum absolute atomic E-state index is 12.6. The van der Waals surface area contributed by atoms with E-state index in [2.05, 4.69) is 15.0 Å². The molecule has 2 aromatic heterocycles. The minimum Gasteiger partial charge on any atom is -0.383 e. The van der Waals surface area contributed by atoms with Crippen LogP contribution in [0, 0.1) is 0 Å². The van der Waals surface area contributed by atoms with Gasteiger partial charge in [0.05, 0.1) is 16.8 Å². The van der Waals surface area contributed by atoms with Crippen LogP contribution in [0.15, 0.2) is 35.8 Å². The van der Waals surface area contributed by atoms with E-state index in [9.17, 15) is 13.2 Å². The fourth-order valence-corrected chi connectivity index (χ4v) is 2.78. The van der Waals surface area contributed by atoms with Gasteiger partial charge in [0.1, 0.15) is 10.8 Å². The number of halogens is 3. The quantitative estimate of drug-likeness (QED) is 0.747. The molecule has 0 fully saturated rings. The van der Waals surface area contributed by atoms with E-state index in [0.29, 0.717) is 21.8 Å². The van der Waals surface area contributed by atoms with Crippen molar-refractivity contribution in [1.29, 1.82) is 0 Å². The van der Waals surface area contributed by atoms with E-state index in [4.69, 9.17) is 11.5 Å². The first-order valence-electron chi connectivity index (χ1n) is 6.36. The van der Waals surface area contributed by atoms with Gasteiger partial charge in [-0.3, -0.25) is 0 Å². The van der Waals surface area contributed by atoms with Crippen molar-refractivity contribution in [3.8, 4) is 21.8 Å². The lowest BCUT2D eigenvalue weighted by Crippen LogP contribution is -2.04. The summed E-state index contributed by atoms with van der Waals surface area (Å²) < 4.78 is 37.7. The van der Waals surface area contributed by atoms with Crippen LogP contribution in [0.1, 0.15) is 5.56 Å². The largest absolute Gasteiger partial charge is 0.416 e. The molecule has 0 aliphatic heterocycles. The molecule has 0 saturated carbocycles. The van der Waals surface area contributed by atoms with Crippen LogP contribution in [0.4, 0.5) is 24.9 Å². The van der Waals surface area contributed by atoms with E-state index in [0.717, 1.165) is 12.1 Å². The zero-order valence-electron chi connectivity index (χ0n) is 11.5. The number of nitrogen functional groups attached to an aromatic ring is 2. The molecule has 23 heavy (non-hydrogen) atoms. The van der Waals surface area contributed by atoms with Crippen LogP contribution in [-0.2, 0) is 6.18 Å². The molecule has 2 heterocycles. The topological polar surface area (TPSA) is 90.7 Å². The lowest BCUT2D eigenvalue weighted by Gasteiger charge is -2.06. The summed E-state index contributed by atoms with van der Waals surface area (Å²) in [6.07, 6.45) is -2.89. The molecule has 0 aliphatic rings. The van der Waals surface area contributed by atoms with Gasteiger partial charge in [-0.2, -0.15) is 18.2 Å². The van der Waals surface area contributed by atoms with Gasteiger partial charge in [0.2, 0.25) is 5.95 Å². The highest BCUT2D eigenvalue weighted by Crippen LogP contribution is 2.33. The third-order valence-corrected chi connectivity index (χ3v) is 3.96. The highest BCUT2D eigenvalue weighted by Gasteiger charge is 2.30. The Balaban J connectivity index is 1.93. The Morgan fingerprint density at radius 1 is 1.00 bits per heavy atom. The molecule has 4 N–H and O–H groups in total. The van der Waals surface area contributed by atoms with Crippen LogP contribution in [0.2, 0.25) is 0 Å². The summed E-state index contributed by atoms with van der Waals surface area (Å²) in [5.41, 5.74) is 12.2. The summed E-state index contributed by atoms with van der Waals surface area (Å²) in [6.45, 7) is 0. The van der Waals surface area contributed by atoms with Crippen LogP contribution < -0.4 is 11.5 Å². The summed E-state index contributed by atoms with van der Waals surface area (Å²) in [7, 11) is 0. The fourth-order valence-electron chi connectivity index (χ4n) is 1.93. The van der Waals surface area contributed by atoms with Crippen molar-refractivity contribution in [2.75, 3.05) is 11.5 Å². The average Bonchev–Trinajstić information content (AvgIpc) is 2.96. The first-order valence-corrected chi connectivity index (χ1v) is 7.24. The summed E-state index contributed by atoms with van der Waals surface area (Å²) >= 11 is 1.29. The molecule has 0 atom stereocenters. The molecule has 118 valence electrons. The molecule has 9 heteroatoms. The minimum absolute atomic E-state index is 0.0609. The van der Waals surface area contributed by atoms with Crippen LogP contribution >= 0.6 is 11.3 Å². The van der Waals surface area contributed by atoms with Crippen molar-refractivity contribution in [3.63, 3.8) is 0 Å². The second-order valence-electron chi connectivity index (χ2n) is 4.64. The second-order valence-corrected chi connectivity index (χ2v) is 5.50. The van der Waals surface area contributed by atoms with Gasteiger partial charge in [-0.1, -0.05) is 12.1 Å². The summed E-state index contributed by atoms with van der Waals surface area (Å²) in [5, 5.41) is 2.30. The standard InChI is InChI=1S/C14H10F3N5S/c15-14(16,17)8-3-1-7(2-4-8)10-6-23-12(21-10)9-5-20-13(19)22-11(9)18/h1-6H,(H4,18,19,20,22). The van der Waals surface area contributed by atoms with Crippen molar-refractivity contribution >= 4 is 23.1 Å². The third-order valence-electron chi connectivity index (χ3n) is 3.08. The Hall–Kier alpha value is -2.68. The number of rotatable bonds is 2. The fraction of sp³-hybridized carbons (Fsp3) is 0.0714. The third kappa shape index (κ3) is 3.09. The molecule has 3 aromatic rings. The van der Waals surface area contributed by atoms with E-state index in [-0.39, 0.29) is 11.8 Å². The van der Waals surface area contributed by atoms with E-state index < -0.39 is 11.7 Å². The number of nitrogens with zero attached hydrogens (tertiary/aromatic N) is 3. The van der Waals surface area contributed by atoms with Crippen molar-refractivity contribution in [3.05, 3.63) is 41.4 Å². The van der Waals surface area contributed by atoms with E-state index >= 15 is 0 Å². The maximum atomic E-state index is 12.6. The normalized spacial score (nSPS) is 11.6. The smallest absolute Gasteiger partial charge is 0.383 e.